The van der Waals surface area contributed by atoms with Gasteiger partial charge in [0.25, 0.3) is 0 Å². The molecular weight excluding hydrogens is 250 g/mol. The van der Waals surface area contributed by atoms with Crippen LogP contribution >= 0.6 is 12.4 Å². The first kappa shape index (κ1) is 15.0. The molecule has 4 heteroatoms. The molecule has 0 unspecified atom stereocenters. The number of nitrogens with one attached hydrogen (secondary N) is 1. The van der Waals surface area contributed by atoms with Crippen LogP contribution < -0.4 is 4.90 Å². The summed E-state index contributed by atoms with van der Waals surface area (Å²) < 4.78 is 0. The molecule has 2 rings (SSSR count). The molecule has 100 valence electrons. The number of carbonyl (C=O) groups excluding carboxylic acids is 1. The molecule has 0 atom stereocenters. The Bertz CT molecular complexity index is 414. The summed E-state index contributed by atoms with van der Waals surface area (Å²) in [4.78, 5) is 13.5. The lowest BCUT2D eigenvalue weighted by Gasteiger charge is -2.22. The highest BCUT2D eigenvalue weighted by molar-refractivity contribution is 5.99. The van der Waals surface area contributed by atoms with Crippen LogP contribution in [0.15, 0.2) is 18.2 Å². The van der Waals surface area contributed by atoms with Crippen LogP contribution in [0.5, 0.6) is 5.75 Å². The monoisotopic (exact) mass is 270 g/mol. The number of aryl methyl sites for hydroxylation is 1. The summed E-state index contributed by atoms with van der Waals surface area (Å²) in [5.74, 6) is 0.167. The number of Topliss-reactive ketones (excluding diaryl/α,β-unsaturated/α-hetero) is 1. The molecule has 1 heterocycles. The number of quaternary nitrogens is 1. The average Bonchev–Trinajstić information content (AvgIpc) is 2.33. The van der Waals surface area contributed by atoms with Crippen LogP contribution in [0.1, 0.15) is 35.2 Å². The van der Waals surface area contributed by atoms with E-state index in [1.54, 1.807) is 12.1 Å². The van der Waals surface area contributed by atoms with Gasteiger partial charge in [0.05, 0.1) is 18.7 Å². The van der Waals surface area contributed by atoms with Gasteiger partial charge in [0.1, 0.15) is 12.3 Å². The summed E-state index contributed by atoms with van der Waals surface area (Å²) in [7, 11) is 0. The van der Waals surface area contributed by atoms with E-state index >= 15 is 0 Å². The molecule has 2 N–H and O–H groups in total. The quantitative estimate of drug-likeness (QED) is 0.815. The predicted octanol–water partition coefficient (Wildman–Crippen LogP) is 1.37. The first-order chi connectivity index (χ1) is 8.16. The minimum absolute atomic E-state index is 0. The number of phenols is 1. The maximum absolute atomic E-state index is 12.1. The van der Waals surface area contributed by atoms with Gasteiger partial charge >= 0.3 is 0 Å². The summed E-state index contributed by atoms with van der Waals surface area (Å²) in [6.07, 6.45) is 3.71. The second-order valence-electron chi connectivity index (χ2n) is 4.93. The summed E-state index contributed by atoms with van der Waals surface area (Å²) in [6.45, 7) is 4.61. The lowest BCUT2D eigenvalue weighted by atomic mass is 10.0. The molecule has 1 aliphatic rings. The number of hydrogen-bond donors (Lipinski definition) is 2. The van der Waals surface area contributed by atoms with Crippen molar-refractivity contribution in [2.24, 2.45) is 0 Å². The van der Waals surface area contributed by atoms with E-state index in [2.05, 4.69) is 0 Å². The molecule has 0 saturated carbocycles. The van der Waals surface area contributed by atoms with Gasteiger partial charge in [-0.15, -0.1) is 12.4 Å². The Balaban J connectivity index is 0.00000162. The highest BCUT2D eigenvalue weighted by atomic mass is 35.5. The van der Waals surface area contributed by atoms with E-state index in [4.69, 9.17) is 0 Å². The topological polar surface area (TPSA) is 41.7 Å². The molecular formula is C14H21ClNO2+. The van der Waals surface area contributed by atoms with E-state index in [0.29, 0.717) is 12.1 Å². The number of ketones is 1. The maximum atomic E-state index is 12.1. The number of piperidine rings is 1. The Morgan fingerprint density at radius 3 is 2.61 bits per heavy atom. The minimum atomic E-state index is 0. The predicted molar refractivity (Wildman–Crippen MR) is 73.8 cm³/mol. The molecule has 1 aromatic carbocycles. The Morgan fingerprint density at radius 1 is 1.28 bits per heavy atom. The van der Waals surface area contributed by atoms with Gasteiger partial charge in [0, 0.05) is 0 Å². The third kappa shape index (κ3) is 3.72. The number of carbonyl (C=O) groups is 1. The van der Waals surface area contributed by atoms with E-state index < -0.39 is 0 Å². The van der Waals surface area contributed by atoms with Crippen LogP contribution in [0.3, 0.4) is 0 Å². The van der Waals surface area contributed by atoms with Gasteiger partial charge in [-0.2, -0.15) is 0 Å². The third-order valence-corrected chi connectivity index (χ3v) is 3.42. The van der Waals surface area contributed by atoms with Crippen LogP contribution in [0.2, 0.25) is 0 Å². The van der Waals surface area contributed by atoms with Crippen molar-refractivity contribution in [3.8, 4) is 5.75 Å². The van der Waals surface area contributed by atoms with Crippen molar-refractivity contribution >= 4 is 18.2 Å². The van der Waals surface area contributed by atoms with E-state index in [0.717, 1.165) is 18.7 Å². The molecule has 0 bridgehead atoms. The van der Waals surface area contributed by atoms with Gasteiger partial charge in [0.15, 0.2) is 0 Å². The molecule has 1 aliphatic heterocycles. The second-order valence-corrected chi connectivity index (χ2v) is 4.93. The van der Waals surface area contributed by atoms with Crippen LogP contribution in [0.4, 0.5) is 0 Å². The smallest absolute Gasteiger partial charge is 0.220 e. The lowest BCUT2D eigenvalue weighted by molar-refractivity contribution is -0.896. The number of likely N-dealkylation sites (tertiary alicyclic amines) is 1. The van der Waals surface area contributed by atoms with E-state index in [1.807, 2.05) is 13.0 Å². The van der Waals surface area contributed by atoms with Gasteiger partial charge < -0.3 is 10.0 Å². The Hall–Kier alpha value is -1.06. The van der Waals surface area contributed by atoms with Gasteiger partial charge in [0.2, 0.25) is 5.78 Å². The number of halogens is 1. The fourth-order valence-corrected chi connectivity index (χ4v) is 2.42. The first-order valence-electron chi connectivity index (χ1n) is 6.33. The fourth-order valence-electron chi connectivity index (χ4n) is 2.42. The van der Waals surface area contributed by atoms with Gasteiger partial charge in [-0.3, -0.25) is 4.79 Å². The Labute approximate surface area is 114 Å². The minimum Gasteiger partial charge on any atom is -0.507 e. The molecule has 0 radical (unpaired) electrons. The van der Waals surface area contributed by atoms with E-state index in [1.165, 1.54) is 24.2 Å². The number of hydrogen-bond acceptors (Lipinski definition) is 2. The van der Waals surface area contributed by atoms with Crippen molar-refractivity contribution in [3.05, 3.63) is 29.3 Å². The van der Waals surface area contributed by atoms with Crippen LogP contribution in [0.25, 0.3) is 0 Å². The zero-order valence-electron chi connectivity index (χ0n) is 10.7. The zero-order chi connectivity index (χ0) is 12.3. The van der Waals surface area contributed by atoms with Crippen LogP contribution in [-0.2, 0) is 0 Å². The standard InChI is InChI=1S/C14H19NO2.ClH/c1-11-5-6-13(16)12(9-11)14(17)10-15-7-3-2-4-8-15;/h5-6,9,16H,2-4,7-8,10H2,1H3;1H/p+1. The van der Waals surface area contributed by atoms with Crippen molar-refractivity contribution in [3.63, 3.8) is 0 Å². The Morgan fingerprint density at radius 2 is 1.94 bits per heavy atom. The number of rotatable bonds is 3. The summed E-state index contributed by atoms with van der Waals surface area (Å²) in [5.41, 5.74) is 1.49. The molecule has 0 aromatic heterocycles. The number of benzene rings is 1. The van der Waals surface area contributed by atoms with E-state index in [-0.39, 0.29) is 23.9 Å². The maximum Gasteiger partial charge on any atom is 0.220 e. The fraction of sp³-hybridized carbons (Fsp3) is 0.500. The van der Waals surface area contributed by atoms with Crippen LogP contribution in [0, 0.1) is 6.92 Å². The van der Waals surface area contributed by atoms with Gasteiger partial charge in [-0.25, -0.2) is 0 Å². The van der Waals surface area contributed by atoms with Crippen molar-refractivity contribution in [2.75, 3.05) is 19.6 Å². The molecule has 0 spiro atoms. The first-order valence-corrected chi connectivity index (χ1v) is 6.33. The molecule has 18 heavy (non-hydrogen) atoms. The normalized spacial score (nSPS) is 16.1. The third-order valence-electron chi connectivity index (χ3n) is 3.42. The Kier molecular flexibility index (Phi) is 5.63. The second kappa shape index (κ2) is 6.76. The SMILES string of the molecule is Cc1ccc(O)c(C(=O)C[NH+]2CCCCC2)c1.Cl. The van der Waals surface area contributed by atoms with Crippen molar-refractivity contribution in [2.45, 2.75) is 26.2 Å². The van der Waals surface area contributed by atoms with Crippen molar-refractivity contribution < 1.29 is 14.8 Å². The summed E-state index contributed by atoms with van der Waals surface area (Å²) in [5, 5.41) is 9.70. The lowest BCUT2D eigenvalue weighted by Crippen LogP contribution is -3.13. The van der Waals surface area contributed by atoms with Crippen molar-refractivity contribution in [1.29, 1.82) is 0 Å². The van der Waals surface area contributed by atoms with Gasteiger partial charge in [-0.05, 0) is 38.3 Å². The molecule has 1 fully saturated rings. The number of aromatic hydroxyl groups is 1. The van der Waals surface area contributed by atoms with E-state index in [9.17, 15) is 9.90 Å². The molecule has 1 aromatic rings. The van der Waals surface area contributed by atoms with Gasteiger partial charge in [-0.1, -0.05) is 11.6 Å². The number of phenolic OH excluding ortho intramolecular Hbond substituents is 1. The molecule has 1 saturated heterocycles. The summed E-state index contributed by atoms with van der Waals surface area (Å²) in [6, 6.07) is 5.20. The van der Waals surface area contributed by atoms with Crippen LogP contribution in [-0.4, -0.2) is 30.5 Å². The zero-order valence-corrected chi connectivity index (χ0v) is 11.6. The molecule has 0 amide bonds. The highest BCUT2D eigenvalue weighted by Gasteiger charge is 2.20. The largest absolute Gasteiger partial charge is 0.507 e. The average molecular weight is 271 g/mol. The molecule has 3 nitrogen and oxygen atoms in total. The highest BCUT2D eigenvalue weighted by Crippen LogP contribution is 2.18. The summed E-state index contributed by atoms with van der Waals surface area (Å²) >= 11 is 0. The molecule has 0 aliphatic carbocycles. The van der Waals surface area contributed by atoms with Crippen molar-refractivity contribution in [1.82, 2.24) is 0 Å².